The van der Waals surface area contributed by atoms with Gasteiger partial charge in [-0.1, -0.05) is 23.7 Å². The van der Waals surface area contributed by atoms with E-state index in [1.165, 1.54) is 0 Å². The molecule has 1 aromatic carbocycles. The van der Waals surface area contributed by atoms with Crippen LogP contribution in [0.15, 0.2) is 24.3 Å². The van der Waals surface area contributed by atoms with Gasteiger partial charge >= 0.3 is 6.09 Å². The topological polar surface area (TPSA) is 70.7 Å². The van der Waals surface area contributed by atoms with E-state index in [1.54, 1.807) is 32.9 Å². The fourth-order valence-electron chi connectivity index (χ4n) is 2.86. The molecule has 1 heterocycles. The van der Waals surface area contributed by atoms with Crippen molar-refractivity contribution in [2.24, 2.45) is 0 Å². The Labute approximate surface area is 160 Å². The van der Waals surface area contributed by atoms with Crippen LogP contribution >= 0.6 is 11.6 Å². The van der Waals surface area contributed by atoms with Gasteiger partial charge in [0.25, 0.3) is 0 Å². The summed E-state index contributed by atoms with van der Waals surface area (Å²) in [7, 11) is 2.00. The predicted octanol–water partition coefficient (Wildman–Crippen LogP) is 2.95. The van der Waals surface area contributed by atoms with Crippen LogP contribution in [0.1, 0.15) is 39.2 Å². The number of likely N-dealkylation sites (tertiary alicyclic amines) is 1. The number of hydrogen-bond donors (Lipinski definition) is 2. The average molecular weight is 382 g/mol. The highest BCUT2D eigenvalue weighted by Crippen LogP contribution is 2.23. The Morgan fingerprint density at radius 2 is 1.77 bits per heavy atom. The molecule has 0 unspecified atom stereocenters. The minimum atomic E-state index is -0.957. The number of piperidine rings is 1. The summed E-state index contributed by atoms with van der Waals surface area (Å²) in [5.41, 5.74) is -0.624. The van der Waals surface area contributed by atoms with E-state index in [2.05, 4.69) is 15.5 Å². The number of carbonyl (C=O) groups excluding carboxylic acids is 2. The lowest BCUT2D eigenvalue weighted by Crippen LogP contribution is -2.63. The van der Waals surface area contributed by atoms with E-state index in [1.807, 2.05) is 19.2 Å². The van der Waals surface area contributed by atoms with Gasteiger partial charge in [-0.25, -0.2) is 4.79 Å². The third-order valence-electron chi connectivity index (χ3n) is 4.38. The third-order valence-corrected chi connectivity index (χ3v) is 4.63. The zero-order valence-electron chi connectivity index (χ0n) is 15.9. The zero-order chi connectivity index (χ0) is 19.4. The lowest BCUT2D eigenvalue weighted by Gasteiger charge is -2.40. The number of halogens is 1. The van der Waals surface area contributed by atoms with Crippen molar-refractivity contribution in [3.63, 3.8) is 0 Å². The number of alkyl carbamates (subject to hydrolysis) is 1. The number of rotatable bonds is 4. The Balaban J connectivity index is 2.06. The Kier molecular flexibility index (Phi) is 6.53. The van der Waals surface area contributed by atoms with Crippen LogP contribution in [0.2, 0.25) is 5.02 Å². The molecule has 6 nitrogen and oxygen atoms in total. The highest BCUT2D eigenvalue weighted by Gasteiger charge is 2.43. The smallest absolute Gasteiger partial charge is 0.408 e. The molecule has 7 heteroatoms. The first-order chi connectivity index (χ1) is 12.1. The highest BCUT2D eigenvalue weighted by atomic mass is 35.5. The summed E-state index contributed by atoms with van der Waals surface area (Å²) in [4.78, 5) is 27.4. The van der Waals surface area contributed by atoms with Gasteiger partial charge in [0.15, 0.2) is 0 Å². The lowest BCUT2D eigenvalue weighted by molar-refractivity contribution is -0.129. The van der Waals surface area contributed by atoms with Crippen LogP contribution in [0.4, 0.5) is 4.79 Å². The van der Waals surface area contributed by atoms with Crippen molar-refractivity contribution in [3.05, 3.63) is 34.9 Å². The quantitative estimate of drug-likeness (QED) is 0.841. The number of benzene rings is 1. The van der Waals surface area contributed by atoms with Crippen molar-refractivity contribution in [3.8, 4) is 0 Å². The molecule has 1 aromatic rings. The Bertz CT molecular complexity index is 632. The molecule has 2 amide bonds. The maximum atomic E-state index is 12.9. The van der Waals surface area contributed by atoms with Gasteiger partial charge in [-0.3, -0.25) is 4.79 Å². The molecule has 0 spiro atoms. The lowest BCUT2D eigenvalue weighted by atomic mass is 9.86. The maximum absolute atomic E-state index is 12.9. The molecule has 0 atom stereocenters. The fraction of sp³-hybridized carbons (Fsp3) is 0.579. The first kappa shape index (κ1) is 20.5. The molecule has 1 saturated heterocycles. The molecule has 26 heavy (non-hydrogen) atoms. The minimum absolute atomic E-state index is 0.189. The maximum Gasteiger partial charge on any atom is 0.408 e. The van der Waals surface area contributed by atoms with E-state index in [0.29, 0.717) is 24.4 Å². The molecule has 1 fully saturated rings. The normalized spacial score (nSPS) is 17.4. The van der Waals surface area contributed by atoms with Gasteiger partial charge in [-0.05, 0) is 58.4 Å². The molecule has 0 aromatic heterocycles. The van der Waals surface area contributed by atoms with Crippen LogP contribution in [0.25, 0.3) is 0 Å². The van der Waals surface area contributed by atoms with Crippen LogP contribution in [0, 0.1) is 0 Å². The SMILES string of the molecule is CN1CCC(NC(=O)OC(C)(C)C)(C(=O)NCc2ccc(Cl)cc2)CC1. The van der Waals surface area contributed by atoms with Gasteiger partial charge in [0.1, 0.15) is 11.1 Å². The molecule has 0 aliphatic carbocycles. The Morgan fingerprint density at radius 1 is 1.19 bits per heavy atom. The molecule has 2 N–H and O–H groups in total. The first-order valence-corrected chi connectivity index (χ1v) is 9.20. The van der Waals surface area contributed by atoms with Gasteiger partial charge in [-0.15, -0.1) is 0 Å². The number of ether oxygens (including phenoxy) is 1. The summed E-state index contributed by atoms with van der Waals surface area (Å²) in [5.74, 6) is -0.189. The van der Waals surface area contributed by atoms with Crippen LogP contribution in [-0.2, 0) is 16.1 Å². The highest BCUT2D eigenvalue weighted by molar-refractivity contribution is 6.30. The average Bonchev–Trinajstić information content (AvgIpc) is 2.54. The zero-order valence-corrected chi connectivity index (χ0v) is 16.7. The summed E-state index contributed by atoms with van der Waals surface area (Å²) in [6.07, 6.45) is 0.508. The summed E-state index contributed by atoms with van der Waals surface area (Å²) < 4.78 is 5.36. The molecule has 0 radical (unpaired) electrons. The van der Waals surface area contributed by atoms with Crippen LogP contribution in [0.5, 0.6) is 0 Å². The van der Waals surface area contributed by atoms with Crippen molar-refractivity contribution in [2.45, 2.75) is 51.3 Å². The Morgan fingerprint density at radius 3 is 2.31 bits per heavy atom. The third kappa shape index (κ3) is 5.88. The van der Waals surface area contributed by atoms with E-state index in [9.17, 15) is 9.59 Å². The molecular weight excluding hydrogens is 354 g/mol. The number of carbonyl (C=O) groups is 2. The second kappa shape index (κ2) is 8.27. The fourth-order valence-corrected chi connectivity index (χ4v) is 2.99. The van der Waals surface area contributed by atoms with E-state index in [4.69, 9.17) is 16.3 Å². The number of nitrogens with one attached hydrogen (secondary N) is 2. The van der Waals surface area contributed by atoms with Crippen molar-refractivity contribution in [1.82, 2.24) is 15.5 Å². The second-order valence-electron chi connectivity index (χ2n) is 7.82. The summed E-state index contributed by atoms with van der Waals surface area (Å²) in [6.45, 7) is 7.23. The van der Waals surface area contributed by atoms with Crippen LogP contribution in [0.3, 0.4) is 0 Å². The second-order valence-corrected chi connectivity index (χ2v) is 8.26. The van der Waals surface area contributed by atoms with Gasteiger partial charge in [0.2, 0.25) is 5.91 Å². The van der Waals surface area contributed by atoms with Gasteiger partial charge in [-0.2, -0.15) is 0 Å². The van der Waals surface area contributed by atoms with E-state index in [0.717, 1.165) is 18.7 Å². The van der Waals surface area contributed by atoms with E-state index >= 15 is 0 Å². The summed E-state index contributed by atoms with van der Waals surface area (Å²) >= 11 is 5.89. The first-order valence-electron chi connectivity index (χ1n) is 8.82. The molecule has 1 aliphatic heterocycles. The van der Waals surface area contributed by atoms with Crippen LogP contribution in [-0.4, -0.2) is 48.2 Å². The van der Waals surface area contributed by atoms with Gasteiger partial charge < -0.3 is 20.3 Å². The summed E-state index contributed by atoms with van der Waals surface area (Å²) in [5, 5.41) is 6.43. The molecule has 0 saturated carbocycles. The van der Waals surface area contributed by atoms with Gasteiger partial charge in [0, 0.05) is 24.7 Å². The number of hydrogen-bond acceptors (Lipinski definition) is 4. The van der Waals surface area contributed by atoms with Crippen LogP contribution < -0.4 is 10.6 Å². The standard InChI is InChI=1S/C19H28ClN3O3/c1-18(2,3)26-17(25)22-19(9-11-23(4)12-10-19)16(24)21-13-14-5-7-15(20)8-6-14/h5-8H,9-13H2,1-4H3,(H,21,24)(H,22,25). The molecule has 2 rings (SSSR count). The number of nitrogens with zero attached hydrogens (tertiary/aromatic N) is 1. The molecular formula is C19H28ClN3O3. The predicted molar refractivity (Wildman–Crippen MR) is 102 cm³/mol. The van der Waals surface area contributed by atoms with Crippen molar-refractivity contribution in [1.29, 1.82) is 0 Å². The Hall–Kier alpha value is -1.79. The molecule has 144 valence electrons. The summed E-state index contributed by atoms with van der Waals surface area (Å²) in [6, 6.07) is 7.30. The van der Waals surface area contributed by atoms with Crippen molar-refractivity contribution in [2.75, 3.05) is 20.1 Å². The van der Waals surface area contributed by atoms with Gasteiger partial charge in [0.05, 0.1) is 0 Å². The number of amides is 2. The minimum Gasteiger partial charge on any atom is -0.444 e. The molecule has 1 aliphatic rings. The van der Waals surface area contributed by atoms with E-state index < -0.39 is 17.2 Å². The molecule has 0 bridgehead atoms. The van der Waals surface area contributed by atoms with Crippen molar-refractivity contribution >= 4 is 23.6 Å². The monoisotopic (exact) mass is 381 g/mol. The van der Waals surface area contributed by atoms with E-state index in [-0.39, 0.29) is 5.91 Å². The van der Waals surface area contributed by atoms with Crippen molar-refractivity contribution < 1.29 is 14.3 Å². The largest absolute Gasteiger partial charge is 0.444 e.